The van der Waals surface area contributed by atoms with Gasteiger partial charge >= 0.3 is 0 Å². The minimum absolute atomic E-state index is 0.0191. The van der Waals surface area contributed by atoms with Crippen molar-refractivity contribution >= 4 is 23.1 Å². The Bertz CT molecular complexity index is 1110. The summed E-state index contributed by atoms with van der Waals surface area (Å²) < 4.78 is 13.4. The summed E-state index contributed by atoms with van der Waals surface area (Å²) in [5.41, 5.74) is 2.38. The second kappa shape index (κ2) is 7.31. The van der Waals surface area contributed by atoms with Crippen LogP contribution < -0.4 is 4.90 Å². The number of ketones is 1. The zero-order chi connectivity index (χ0) is 20.5. The van der Waals surface area contributed by atoms with Crippen molar-refractivity contribution in [3.63, 3.8) is 0 Å². The van der Waals surface area contributed by atoms with E-state index in [9.17, 15) is 19.1 Å². The molecule has 1 aliphatic heterocycles. The molecule has 0 spiro atoms. The van der Waals surface area contributed by atoms with Crippen molar-refractivity contribution in [1.29, 1.82) is 0 Å². The molecule has 1 atom stereocenters. The van der Waals surface area contributed by atoms with Crippen molar-refractivity contribution in [3.8, 4) is 0 Å². The molecular formula is C23H17FN2O3. The number of hydrogen-bond acceptors (Lipinski definition) is 4. The van der Waals surface area contributed by atoms with Gasteiger partial charge in [0.2, 0.25) is 0 Å². The average Bonchev–Trinajstić information content (AvgIpc) is 3.00. The molecule has 4 rings (SSSR count). The van der Waals surface area contributed by atoms with Gasteiger partial charge in [-0.3, -0.25) is 19.5 Å². The van der Waals surface area contributed by atoms with Crippen LogP contribution in [0.1, 0.15) is 22.7 Å². The molecule has 1 fully saturated rings. The number of aliphatic hydroxyl groups is 1. The van der Waals surface area contributed by atoms with Crippen LogP contribution in [0.2, 0.25) is 0 Å². The number of pyridine rings is 1. The van der Waals surface area contributed by atoms with Crippen LogP contribution in [0.25, 0.3) is 5.76 Å². The highest BCUT2D eigenvalue weighted by Crippen LogP contribution is 2.41. The van der Waals surface area contributed by atoms with E-state index in [2.05, 4.69) is 4.98 Å². The molecule has 1 saturated heterocycles. The number of anilines is 1. The second-order valence-corrected chi connectivity index (χ2v) is 6.79. The number of carbonyl (C=O) groups excluding carboxylic acids is 2. The van der Waals surface area contributed by atoms with Crippen molar-refractivity contribution in [1.82, 2.24) is 4.98 Å². The minimum atomic E-state index is -0.857. The van der Waals surface area contributed by atoms with Crippen LogP contribution in [0.4, 0.5) is 10.1 Å². The Morgan fingerprint density at radius 2 is 1.59 bits per heavy atom. The van der Waals surface area contributed by atoms with E-state index >= 15 is 0 Å². The third-order valence-corrected chi connectivity index (χ3v) is 4.90. The van der Waals surface area contributed by atoms with Crippen LogP contribution in [-0.2, 0) is 9.59 Å². The fourth-order valence-electron chi connectivity index (χ4n) is 3.43. The highest BCUT2D eigenvalue weighted by molar-refractivity contribution is 6.51. The lowest BCUT2D eigenvalue weighted by molar-refractivity contribution is -0.132. The number of aryl methyl sites for hydroxylation is 1. The zero-order valence-corrected chi connectivity index (χ0v) is 15.5. The van der Waals surface area contributed by atoms with E-state index in [4.69, 9.17) is 0 Å². The summed E-state index contributed by atoms with van der Waals surface area (Å²) in [6, 6.07) is 14.8. The zero-order valence-electron chi connectivity index (χ0n) is 15.5. The quantitative estimate of drug-likeness (QED) is 0.416. The predicted octanol–water partition coefficient (Wildman–Crippen LogP) is 4.16. The molecule has 2 aromatic carbocycles. The van der Waals surface area contributed by atoms with E-state index in [0.29, 0.717) is 16.8 Å². The van der Waals surface area contributed by atoms with Crippen molar-refractivity contribution in [3.05, 3.63) is 101 Å². The molecule has 0 saturated carbocycles. The first-order chi connectivity index (χ1) is 14.0. The van der Waals surface area contributed by atoms with Gasteiger partial charge in [0, 0.05) is 23.6 Å². The summed E-state index contributed by atoms with van der Waals surface area (Å²) in [4.78, 5) is 31.1. The maximum Gasteiger partial charge on any atom is 0.300 e. The topological polar surface area (TPSA) is 70.5 Å². The number of benzene rings is 2. The molecule has 6 heteroatoms. The van der Waals surface area contributed by atoms with E-state index in [-0.39, 0.29) is 11.3 Å². The number of rotatable bonds is 3. The number of Topliss-reactive ketones (excluding diaryl/α,β-unsaturated/α-hetero) is 1. The Hall–Kier alpha value is -3.80. The van der Waals surface area contributed by atoms with Crippen LogP contribution in [0.15, 0.2) is 78.6 Å². The molecule has 1 N–H and O–H groups in total. The number of nitrogens with zero attached hydrogens (tertiary/aromatic N) is 2. The SMILES string of the molecule is Cc1ccc(/C(O)=C2/C(=O)C(=O)N(c3ccc(F)cc3)C2c2ccncc2)cc1. The van der Waals surface area contributed by atoms with Crippen LogP contribution in [0.5, 0.6) is 0 Å². The summed E-state index contributed by atoms with van der Waals surface area (Å²) >= 11 is 0. The lowest BCUT2D eigenvalue weighted by Crippen LogP contribution is -2.29. The number of hydrogen-bond donors (Lipinski definition) is 1. The highest BCUT2D eigenvalue weighted by Gasteiger charge is 2.46. The van der Waals surface area contributed by atoms with Crippen LogP contribution in [-0.4, -0.2) is 21.8 Å². The molecule has 5 nitrogen and oxygen atoms in total. The van der Waals surface area contributed by atoms with Crippen LogP contribution in [0, 0.1) is 12.7 Å². The minimum Gasteiger partial charge on any atom is -0.507 e. The third kappa shape index (κ3) is 3.29. The van der Waals surface area contributed by atoms with E-state index in [1.165, 1.54) is 29.2 Å². The number of aromatic nitrogens is 1. The van der Waals surface area contributed by atoms with Crippen molar-refractivity contribution in [2.75, 3.05) is 4.90 Å². The Morgan fingerprint density at radius 1 is 0.966 bits per heavy atom. The molecule has 1 aromatic heterocycles. The van der Waals surface area contributed by atoms with E-state index < -0.39 is 23.5 Å². The molecule has 0 bridgehead atoms. The van der Waals surface area contributed by atoms with E-state index in [0.717, 1.165) is 5.56 Å². The van der Waals surface area contributed by atoms with E-state index in [1.807, 2.05) is 19.1 Å². The molecule has 0 aliphatic carbocycles. The molecular weight excluding hydrogens is 371 g/mol. The van der Waals surface area contributed by atoms with Crippen LogP contribution >= 0.6 is 0 Å². The number of halogens is 1. The normalized spacial score (nSPS) is 18.3. The third-order valence-electron chi connectivity index (χ3n) is 4.90. The first-order valence-electron chi connectivity index (χ1n) is 9.01. The van der Waals surface area contributed by atoms with Gasteiger partial charge in [-0.15, -0.1) is 0 Å². The van der Waals surface area contributed by atoms with Gasteiger partial charge in [0.1, 0.15) is 11.6 Å². The summed E-state index contributed by atoms with van der Waals surface area (Å²) in [5, 5.41) is 10.9. The lowest BCUT2D eigenvalue weighted by atomic mass is 9.95. The highest BCUT2D eigenvalue weighted by atomic mass is 19.1. The standard InChI is InChI=1S/C23H17FN2O3/c1-14-2-4-16(5-3-14)21(27)19-20(15-10-12-25-13-11-15)26(23(29)22(19)28)18-8-6-17(24)7-9-18/h2-13,20,27H,1H3/b21-19-. The molecule has 1 unspecified atom stereocenters. The maximum absolute atomic E-state index is 13.4. The Kier molecular flexibility index (Phi) is 4.68. The van der Waals surface area contributed by atoms with Gasteiger partial charge in [0.15, 0.2) is 0 Å². The maximum atomic E-state index is 13.4. The van der Waals surface area contributed by atoms with Gasteiger partial charge in [-0.05, 0) is 48.9 Å². The molecule has 29 heavy (non-hydrogen) atoms. The fraction of sp³-hybridized carbons (Fsp3) is 0.0870. The molecule has 3 aromatic rings. The summed E-state index contributed by atoms with van der Waals surface area (Å²) in [6.07, 6.45) is 3.10. The first kappa shape index (κ1) is 18.6. The van der Waals surface area contributed by atoms with Crippen molar-refractivity contribution in [2.45, 2.75) is 13.0 Å². The van der Waals surface area contributed by atoms with Crippen molar-refractivity contribution in [2.24, 2.45) is 0 Å². The largest absolute Gasteiger partial charge is 0.507 e. The smallest absolute Gasteiger partial charge is 0.300 e. The first-order valence-corrected chi connectivity index (χ1v) is 9.01. The monoisotopic (exact) mass is 388 g/mol. The number of carbonyl (C=O) groups is 2. The van der Waals surface area contributed by atoms with Crippen molar-refractivity contribution < 1.29 is 19.1 Å². The number of aliphatic hydroxyl groups excluding tert-OH is 1. The van der Waals surface area contributed by atoms with Gasteiger partial charge in [0.25, 0.3) is 11.7 Å². The lowest BCUT2D eigenvalue weighted by Gasteiger charge is -2.25. The van der Waals surface area contributed by atoms with E-state index in [1.54, 1.807) is 36.7 Å². The van der Waals surface area contributed by atoms with Gasteiger partial charge in [-0.25, -0.2) is 4.39 Å². The van der Waals surface area contributed by atoms with Gasteiger partial charge in [-0.1, -0.05) is 29.8 Å². The molecule has 2 heterocycles. The summed E-state index contributed by atoms with van der Waals surface area (Å²) in [5.74, 6) is -2.29. The Labute approximate surface area is 166 Å². The Balaban J connectivity index is 1.93. The summed E-state index contributed by atoms with van der Waals surface area (Å²) in [7, 11) is 0. The van der Waals surface area contributed by atoms with Gasteiger partial charge in [-0.2, -0.15) is 0 Å². The van der Waals surface area contributed by atoms with Gasteiger partial charge in [0.05, 0.1) is 11.6 Å². The number of amides is 1. The molecule has 1 aliphatic rings. The molecule has 1 amide bonds. The fourth-order valence-corrected chi connectivity index (χ4v) is 3.43. The predicted molar refractivity (Wildman–Crippen MR) is 107 cm³/mol. The summed E-state index contributed by atoms with van der Waals surface area (Å²) in [6.45, 7) is 1.91. The Morgan fingerprint density at radius 3 is 2.21 bits per heavy atom. The molecule has 144 valence electrons. The molecule has 0 radical (unpaired) electrons. The van der Waals surface area contributed by atoms with Crippen LogP contribution in [0.3, 0.4) is 0 Å². The van der Waals surface area contributed by atoms with Gasteiger partial charge < -0.3 is 5.11 Å². The second-order valence-electron chi connectivity index (χ2n) is 6.79. The average molecular weight is 388 g/mol.